The van der Waals surface area contributed by atoms with Gasteiger partial charge in [-0.2, -0.15) is 0 Å². The van der Waals surface area contributed by atoms with E-state index < -0.39 is 18.2 Å². The van der Waals surface area contributed by atoms with Crippen LogP contribution >= 0.6 is 0 Å². The lowest BCUT2D eigenvalue weighted by atomic mass is 10.0. The number of hydrogen-bond acceptors (Lipinski definition) is 5. The molecule has 0 saturated carbocycles. The van der Waals surface area contributed by atoms with E-state index in [0.717, 1.165) is 64.2 Å². The number of carbonyl (C=O) groups excluding carboxylic acids is 2. The molecule has 0 aromatic carbocycles. The number of rotatable bonds is 43. The van der Waals surface area contributed by atoms with Crippen LogP contribution in [0.2, 0.25) is 0 Å². The second-order valence-corrected chi connectivity index (χ2v) is 16.6. The van der Waals surface area contributed by atoms with E-state index in [-0.39, 0.29) is 24.9 Å². The number of aliphatic hydroxyl groups is 2. The number of unbranched alkanes of at least 4 members (excludes halogenated alkanes) is 26. The lowest BCUT2D eigenvalue weighted by Crippen LogP contribution is -2.46. The molecule has 3 atom stereocenters. The van der Waals surface area contributed by atoms with Gasteiger partial charge in [-0.3, -0.25) is 9.59 Å². The minimum atomic E-state index is -0.791. The third-order valence-electron chi connectivity index (χ3n) is 11.0. The average molecular weight is 800 g/mol. The van der Waals surface area contributed by atoms with Gasteiger partial charge in [0.2, 0.25) is 5.91 Å². The van der Waals surface area contributed by atoms with Gasteiger partial charge in [0.15, 0.2) is 0 Å². The van der Waals surface area contributed by atoms with Crippen molar-refractivity contribution in [2.24, 2.45) is 0 Å². The predicted octanol–water partition coefficient (Wildman–Crippen LogP) is 14.3. The zero-order chi connectivity index (χ0) is 41.7. The first kappa shape index (κ1) is 54.8. The second kappa shape index (κ2) is 44.9. The summed E-state index contributed by atoms with van der Waals surface area (Å²) in [6, 6.07) is -0.706. The van der Waals surface area contributed by atoms with E-state index in [1.165, 1.54) is 128 Å². The highest BCUT2D eigenvalue weighted by atomic mass is 16.5. The van der Waals surface area contributed by atoms with Crippen LogP contribution < -0.4 is 5.32 Å². The highest BCUT2D eigenvalue weighted by Crippen LogP contribution is 2.18. The Kier molecular flexibility index (Phi) is 43.2. The van der Waals surface area contributed by atoms with E-state index in [1.54, 1.807) is 0 Å². The van der Waals surface area contributed by atoms with Crippen LogP contribution in [0.4, 0.5) is 0 Å². The molecule has 3 unspecified atom stereocenters. The van der Waals surface area contributed by atoms with Crippen molar-refractivity contribution in [1.82, 2.24) is 5.32 Å². The number of ether oxygens (including phenoxy) is 1. The molecular weight excluding hydrogens is 707 g/mol. The smallest absolute Gasteiger partial charge is 0.306 e. The highest BCUT2D eigenvalue weighted by Gasteiger charge is 2.24. The first-order valence-electron chi connectivity index (χ1n) is 24.4. The van der Waals surface area contributed by atoms with Gasteiger partial charge >= 0.3 is 5.97 Å². The fourth-order valence-electron chi connectivity index (χ4n) is 7.32. The monoisotopic (exact) mass is 800 g/mol. The maximum Gasteiger partial charge on any atom is 0.306 e. The first-order valence-corrected chi connectivity index (χ1v) is 24.4. The van der Waals surface area contributed by atoms with Crippen molar-refractivity contribution in [3.63, 3.8) is 0 Å². The minimum absolute atomic E-state index is 0.0637. The zero-order valence-corrected chi connectivity index (χ0v) is 37.7. The van der Waals surface area contributed by atoms with Crippen LogP contribution in [0.25, 0.3) is 0 Å². The van der Waals surface area contributed by atoms with Crippen LogP contribution in [0, 0.1) is 0 Å². The number of esters is 1. The summed E-state index contributed by atoms with van der Waals surface area (Å²) in [6.45, 7) is 6.33. The van der Waals surface area contributed by atoms with Crippen LogP contribution in [0.1, 0.15) is 239 Å². The van der Waals surface area contributed by atoms with E-state index in [9.17, 15) is 19.8 Å². The molecule has 0 aliphatic heterocycles. The summed E-state index contributed by atoms with van der Waals surface area (Å²) in [5, 5.41) is 23.7. The van der Waals surface area contributed by atoms with Gasteiger partial charge in [0.25, 0.3) is 0 Å². The van der Waals surface area contributed by atoms with Crippen molar-refractivity contribution in [2.75, 3.05) is 6.61 Å². The van der Waals surface area contributed by atoms with Gasteiger partial charge < -0.3 is 20.3 Å². The molecule has 0 fully saturated rings. The Morgan fingerprint density at radius 1 is 0.526 bits per heavy atom. The molecule has 6 nitrogen and oxygen atoms in total. The molecule has 0 aliphatic carbocycles. The number of nitrogens with one attached hydrogen (secondary N) is 1. The zero-order valence-electron chi connectivity index (χ0n) is 37.7. The molecule has 0 rings (SSSR count). The summed E-state index contributed by atoms with van der Waals surface area (Å²) in [7, 11) is 0. The van der Waals surface area contributed by atoms with Crippen LogP contribution in [-0.2, 0) is 14.3 Å². The number of carbonyl (C=O) groups is 2. The third-order valence-corrected chi connectivity index (χ3v) is 11.0. The Bertz CT molecular complexity index is 988. The van der Waals surface area contributed by atoms with E-state index in [2.05, 4.69) is 50.4 Å². The van der Waals surface area contributed by atoms with Crippen molar-refractivity contribution in [2.45, 2.75) is 257 Å². The summed E-state index contributed by atoms with van der Waals surface area (Å²) in [6.07, 6.45) is 53.1. The van der Waals surface area contributed by atoms with E-state index in [0.29, 0.717) is 19.3 Å². The lowest BCUT2D eigenvalue weighted by Gasteiger charge is -2.24. The normalized spacial score (nSPS) is 13.7. The Balaban J connectivity index is 4.64. The topological polar surface area (TPSA) is 95.9 Å². The maximum atomic E-state index is 13.2. The number of amides is 1. The number of hydrogen-bond donors (Lipinski definition) is 3. The highest BCUT2D eigenvalue weighted by molar-refractivity contribution is 5.77. The Morgan fingerprint density at radius 2 is 0.947 bits per heavy atom. The largest absolute Gasteiger partial charge is 0.462 e. The molecule has 0 aromatic rings. The van der Waals surface area contributed by atoms with Crippen LogP contribution in [0.5, 0.6) is 0 Å². The standard InChI is InChI=1S/C51H93NO5/c1-4-7-10-13-16-19-22-24-25-27-28-30-33-36-39-42-47(57-51(56)44-41-38-35-32-29-26-23-20-17-14-11-8-5-2)45-50(55)52-48(46-53)49(54)43-40-37-34-31-21-18-15-12-9-6-3/h8,11,14,17,20,23,26,29,47-49,53-54H,4-7,9-10,12-13,15-16,18-19,21-22,24-25,27-28,30-46H2,1-3H3,(H,52,55)/b11-8+,17-14+,23-20-,29-26-. The van der Waals surface area contributed by atoms with Crippen molar-refractivity contribution in [3.05, 3.63) is 48.6 Å². The van der Waals surface area contributed by atoms with Crippen LogP contribution in [-0.4, -0.2) is 46.9 Å². The van der Waals surface area contributed by atoms with E-state index >= 15 is 0 Å². The molecule has 6 heteroatoms. The average Bonchev–Trinajstić information content (AvgIpc) is 3.20. The van der Waals surface area contributed by atoms with Crippen molar-refractivity contribution >= 4 is 11.9 Å². The fourth-order valence-corrected chi connectivity index (χ4v) is 7.32. The van der Waals surface area contributed by atoms with Gasteiger partial charge in [-0.05, 0) is 44.9 Å². The Hall–Kier alpha value is -2.18. The number of allylic oxidation sites excluding steroid dienone is 8. The Morgan fingerprint density at radius 3 is 1.42 bits per heavy atom. The maximum absolute atomic E-state index is 13.2. The van der Waals surface area contributed by atoms with Crippen LogP contribution in [0.15, 0.2) is 48.6 Å². The molecule has 0 aromatic heterocycles. The minimum Gasteiger partial charge on any atom is -0.462 e. The van der Waals surface area contributed by atoms with Gasteiger partial charge in [0.05, 0.1) is 25.2 Å². The van der Waals surface area contributed by atoms with Gasteiger partial charge in [0.1, 0.15) is 6.10 Å². The molecule has 332 valence electrons. The SMILES string of the molecule is CC/C=C/C=C/C=C\C=C/CCCCCC(=O)OC(CCCCCCCCCCCCCCCCC)CC(=O)NC(CO)C(O)CCCCCCCCCCCC. The molecule has 3 N–H and O–H groups in total. The lowest BCUT2D eigenvalue weighted by molar-refractivity contribution is -0.151. The summed E-state index contributed by atoms with van der Waals surface area (Å²) in [4.78, 5) is 26.0. The first-order chi connectivity index (χ1) is 28.0. The third kappa shape index (κ3) is 40.4. The second-order valence-electron chi connectivity index (χ2n) is 16.6. The molecular formula is C51H93NO5. The summed E-state index contributed by atoms with van der Waals surface area (Å²) in [5.74, 6) is -0.514. The molecule has 0 saturated heterocycles. The molecule has 57 heavy (non-hydrogen) atoms. The predicted molar refractivity (Wildman–Crippen MR) is 245 cm³/mol. The molecule has 0 bridgehead atoms. The van der Waals surface area contributed by atoms with Crippen molar-refractivity contribution < 1.29 is 24.5 Å². The molecule has 0 heterocycles. The van der Waals surface area contributed by atoms with Crippen LogP contribution in [0.3, 0.4) is 0 Å². The van der Waals surface area contributed by atoms with Crippen molar-refractivity contribution in [3.8, 4) is 0 Å². The van der Waals surface area contributed by atoms with Gasteiger partial charge in [-0.15, -0.1) is 0 Å². The van der Waals surface area contributed by atoms with Gasteiger partial charge in [-0.1, -0.05) is 230 Å². The van der Waals surface area contributed by atoms with E-state index in [1.807, 2.05) is 24.3 Å². The fraction of sp³-hybridized carbons (Fsp3) is 0.804. The molecule has 0 spiro atoms. The summed E-state index contributed by atoms with van der Waals surface area (Å²) < 4.78 is 5.90. The molecule has 0 aliphatic rings. The number of aliphatic hydroxyl groups excluding tert-OH is 2. The van der Waals surface area contributed by atoms with Gasteiger partial charge in [0, 0.05) is 6.42 Å². The summed E-state index contributed by atoms with van der Waals surface area (Å²) >= 11 is 0. The molecule has 0 radical (unpaired) electrons. The van der Waals surface area contributed by atoms with Crippen molar-refractivity contribution in [1.29, 1.82) is 0 Å². The Labute approximate surface area is 353 Å². The molecule has 1 amide bonds. The summed E-state index contributed by atoms with van der Waals surface area (Å²) in [5.41, 5.74) is 0. The van der Waals surface area contributed by atoms with Gasteiger partial charge in [-0.25, -0.2) is 0 Å². The van der Waals surface area contributed by atoms with E-state index in [4.69, 9.17) is 4.74 Å². The quantitative estimate of drug-likeness (QED) is 0.0324.